The number of benzene rings is 2. The summed E-state index contributed by atoms with van der Waals surface area (Å²) in [5.74, 6) is -0.112. The summed E-state index contributed by atoms with van der Waals surface area (Å²) in [6.07, 6.45) is 1.75. The molecule has 0 saturated heterocycles. The Bertz CT molecular complexity index is 1670. The standard InChI is InChI=1S/C30H29N5O3S/c1-19-16-21(14-15-31-19)25-12-13-26(39-25)27(36)33-29-32-23-17-22(10-11-24(23)35(29)18-30(2,3)38)34(4)28(37)20-8-6-5-7-9-20/h5-17,38H,18H2,1-4H3,(H,32,33,36). The van der Waals surface area contributed by atoms with E-state index in [1.165, 1.54) is 11.3 Å². The molecule has 9 heteroatoms. The lowest BCUT2D eigenvalue weighted by molar-refractivity contribution is 0.0630. The zero-order valence-electron chi connectivity index (χ0n) is 22.2. The van der Waals surface area contributed by atoms with Crippen molar-refractivity contribution in [2.45, 2.75) is 32.9 Å². The predicted octanol–water partition coefficient (Wildman–Crippen LogP) is 5.77. The molecule has 0 fully saturated rings. The maximum absolute atomic E-state index is 13.3. The molecule has 0 spiro atoms. The van der Waals surface area contributed by atoms with Crippen LogP contribution in [-0.4, -0.2) is 44.1 Å². The quantitative estimate of drug-likeness (QED) is 0.274. The Balaban J connectivity index is 1.46. The smallest absolute Gasteiger partial charge is 0.268 e. The molecule has 0 saturated carbocycles. The molecule has 0 aliphatic heterocycles. The first-order chi connectivity index (χ1) is 18.6. The summed E-state index contributed by atoms with van der Waals surface area (Å²) in [6, 6.07) is 22.2. The number of amides is 2. The van der Waals surface area contributed by atoms with Crippen molar-refractivity contribution in [3.05, 3.63) is 95.1 Å². The maximum atomic E-state index is 13.3. The number of carbonyl (C=O) groups excluding carboxylic acids is 2. The molecule has 0 radical (unpaired) electrons. The summed E-state index contributed by atoms with van der Waals surface area (Å²) in [4.78, 5) is 38.2. The van der Waals surface area contributed by atoms with Crippen molar-refractivity contribution in [2.75, 3.05) is 17.3 Å². The van der Waals surface area contributed by atoms with Gasteiger partial charge in [-0.1, -0.05) is 18.2 Å². The van der Waals surface area contributed by atoms with Gasteiger partial charge in [-0.25, -0.2) is 4.98 Å². The third-order valence-electron chi connectivity index (χ3n) is 6.23. The molecule has 8 nitrogen and oxygen atoms in total. The van der Waals surface area contributed by atoms with Gasteiger partial charge in [0.15, 0.2) is 0 Å². The first-order valence-corrected chi connectivity index (χ1v) is 13.3. The number of rotatable bonds is 7. The van der Waals surface area contributed by atoms with Crippen LogP contribution in [0.25, 0.3) is 21.5 Å². The van der Waals surface area contributed by atoms with E-state index >= 15 is 0 Å². The van der Waals surface area contributed by atoms with Crippen molar-refractivity contribution in [3.8, 4) is 10.4 Å². The van der Waals surface area contributed by atoms with E-state index < -0.39 is 5.60 Å². The summed E-state index contributed by atoms with van der Waals surface area (Å²) < 4.78 is 1.79. The number of aliphatic hydroxyl groups is 1. The van der Waals surface area contributed by atoms with Gasteiger partial charge in [0.2, 0.25) is 5.95 Å². The summed E-state index contributed by atoms with van der Waals surface area (Å²) in [7, 11) is 1.71. The molecule has 0 bridgehead atoms. The number of nitrogens with one attached hydrogen (secondary N) is 1. The number of hydrogen-bond donors (Lipinski definition) is 2. The van der Waals surface area contributed by atoms with Gasteiger partial charge in [0.1, 0.15) is 0 Å². The van der Waals surface area contributed by atoms with Gasteiger partial charge < -0.3 is 14.6 Å². The van der Waals surface area contributed by atoms with Gasteiger partial charge >= 0.3 is 0 Å². The second kappa shape index (κ2) is 10.4. The zero-order chi connectivity index (χ0) is 27.7. The number of carbonyl (C=O) groups is 2. The Morgan fingerprint density at radius 2 is 1.82 bits per heavy atom. The van der Waals surface area contributed by atoms with Crippen LogP contribution in [0.4, 0.5) is 11.6 Å². The highest BCUT2D eigenvalue weighted by Crippen LogP contribution is 2.30. The minimum absolute atomic E-state index is 0.141. The number of aromatic nitrogens is 3. The van der Waals surface area contributed by atoms with Crippen LogP contribution in [0.2, 0.25) is 0 Å². The molecule has 3 heterocycles. The van der Waals surface area contributed by atoms with E-state index in [0.29, 0.717) is 27.6 Å². The number of thiophene rings is 1. The third-order valence-corrected chi connectivity index (χ3v) is 7.36. The van der Waals surface area contributed by atoms with Crippen molar-refractivity contribution in [2.24, 2.45) is 0 Å². The molecular formula is C30H29N5O3S. The van der Waals surface area contributed by atoms with Crippen molar-refractivity contribution in [1.82, 2.24) is 14.5 Å². The van der Waals surface area contributed by atoms with Crippen LogP contribution in [0.15, 0.2) is 79.0 Å². The van der Waals surface area contributed by atoms with Gasteiger partial charge in [-0.2, -0.15) is 0 Å². The first kappa shape index (κ1) is 26.3. The summed E-state index contributed by atoms with van der Waals surface area (Å²) >= 11 is 1.38. The number of hydrogen-bond acceptors (Lipinski definition) is 6. The molecule has 3 aromatic heterocycles. The van der Waals surface area contributed by atoms with Crippen LogP contribution in [-0.2, 0) is 6.54 Å². The number of pyridine rings is 1. The Morgan fingerprint density at radius 1 is 1.05 bits per heavy atom. The monoisotopic (exact) mass is 539 g/mol. The van der Waals surface area contributed by atoms with E-state index in [2.05, 4.69) is 10.3 Å². The van der Waals surface area contributed by atoms with E-state index in [9.17, 15) is 14.7 Å². The van der Waals surface area contributed by atoms with Crippen molar-refractivity contribution in [1.29, 1.82) is 0 Å². The summed E-state index contributed by atoms with van der Waals surface area (Å²) in [6.45, 7) is 5.54. The number of aryl methyl sites for hydroxylation is 1. The topological polar surface area (TPSA) is 100 Å². The number of anilines is 2. The van der Waals surface area contributed by atoms with Gasteiger partial charge in [0.05, 0.1) is 28.1 Å². The minimum atomic E-state index is -1.05. The highest BCUT2D eigenvalue weighted by Gasteiger charge is 2.23. The molecule has 198 valence electrons. The molecular weight excluding hydrogens is 510 g/mol. The average Bonchev–Trinajstić information content (AvgIpc) is 3.53. The molecule has 0 aliphatic rings. The largest absolute Gasteiger partial charge is 0.389 e. The second-order valence-electron chi connectivity index (χ2n) is 10.0. The van der Waals surface area contributed by atoms with Crippen LogP contribution in [0, 0.1) is 6.92 Å². The Hall–Kier alpha value is -4.34. The van der Waals surface area contributed by atoms with Crippen LogP contribution >= 0.6 is 11.3 Å². The molecule has 5 rings (SSSR count). The Labute approximate surface area is 230 Å². The van der Waals surface area contributed by atoms with Gasteiger partial charge in [0.25, 0.3) is 11.8 Å². The summed E-state index contributed by atoms with van der Waals surface area (Å²) in [5.41, 5.74) is 3.43. The van der Waals surface area contributed by atoms with Gasteiger partial charge in [-0.15, -0.1) is 11.3 Å². The average molecular weight is 540 g/mol. The second-order valence-corrected chi connectivity index (χ2v) is 11.1. The fraction of sp³-hybridized carbons (Fsp3) is 0.200. The molecule has 2 aromatic carbocycles. The first-order valence-electron chi connectivity index (χ1n) is 12.5. The maximum Gasteiger partial charge on any atom is 0.268 e. The normalized spacial score (nSPS) is 11.5. The molecule has 2 N–H and O–H groups in total. The SMILES string of the molecule is Cc1cc(-c2ccc(C(=O)Nc3nc4cc(N(C)C(=O)c5ccccc5)ccc4n3CC(C)(C)O)s2)ccn1. The Morgan fingerprint density at radius 3 is 2.54 bits per heavy atom. The van der Waals surface area contributed by atoms with Crippen LogP contribution in [0.3, 0.4) is 0 Å². The van der Waals surface area contributed by atoms with Gasteiger partial charge in [-0.05, 0) is 80.9 Å². The molecule has 39 heavy (non-hydrogen) atoms. The lowest BCUT2D eigenvalue weighted by Crippen LogP contribution is -2.27. The van der Waals surface area contributed by atoms with E-state index in [1.54, 1.807) is 54.8 Å². The van der Waals surface area contributed by atoms with Crippen molar-refractivity contribution >= 4 is 45.8 Å². The van der Waals surface area contributed by atoms with Crippen molar-refractivity contribution in [3.63, 3.8) is 0 Å². The van der Waals surface area contributed by atoms with Gasteiger partial charge in [-0.3, -0.25) is 19.9 Å². The highest BCUT2D eigenvalue weighted by atomic mass is 32.1. The highest BCUT2D eigenvalue weighted by molar-refractivity contribution is 7.17. The van der Waals surface area contributed by atoms with E-state index in [4.69, 9.17) is 4.98 Å². The lowest BCUT2D eigenvalue weighted by Gasteiger charge is -2.20. The fourth-order valence-corrected chi connectivity index (χ4v) is 5.24. The Kier molecular flexibility index (Phi) is 7.03. The molecule has 2 amide bonds. The number of imidazole rings is 1. The molecule has 0 unspecified atom stereocenters. The van der Waals surface area contributed by atoms with E-state index in [1.807, 2.05) is 61.5 Å². The minimum Gasteiger partial charge on any atom is -0.389 e. The molecule has 0 aliphatic carbocycles. The predicted molar refractivity (Wildman–Crippen MR) is 155 cm³/mol. The third kappa shape index (κ3) is 5.74. The molecule has 5 aromatic rings. The van der Waals surface area contributed by atoms with Crippen LogP contribution in [0.5, 0.6) is 0 Å². The molecule has 0 atom stereocenters. The van der Waals surface area contributed by atoms with Crippen molar-refractivity contribution < 1.29 is 14.7 Å². The summed E-state index contributed by atoms with van der Waals surface area (Å²) in [5, 5.41) is 13.5. The van der Waals surface area contributed by atoms with E-state index in [-0.39, 0.29) is 18.4 Å². The van der Waals surface area contributed by atoms with Crippen LogP contribution < -0.4 is 10.2 Å². The number of fused-ring (bicyclic) bond motifs is 1. The van der Waals surface area contributed by atoms with Gasteiger partial charge in [0, 0.05) is 35.1 Å². The van der Waals surface area contributed by atoms with Crippen LogP contribution in [0.1, 0.15) is 39.6 Å². The lowest BCUT2D eigenvalue weighted by atomic mass is 10.1. The zero-order valence-corrected chi connectivity index (χ0v) is 23.0. The fourth-order valence-electron chi connectivity index (χ4n) is 4.34. The van der Waals surface area contributed by atoms with E-state index in [0.717, 1.165) is 21.7 Å². The number of nitrogens with zero attached hydrogens (tertiary/aromatic N) is 4.